The van der Waals surface area contributed by atoms with E-state index in [1.165, 1.54) is 6.42 Å². The molecule has 2 rings (SSSR count). The first-order chi connectivity index (χ1) is 8.63. The van der Waals surface area contributed by atoms with Gasteiger partial charge in [0, 0.05) is 18.8 Å². The molecule has 0 spiro atoms. The summed E-state index contributed by atoms with van der Waals surface area (Å²) in [4.78, 5) is 10.8. The van der Waals surface area contributed by atoms with Gasteiger partial charge in [-0.15, -0.1) is 0 Å². The maximum Gasteiger partial charge on any atom is 0.226 e. The number of hydrogen-bond acceptors (Lipinski definition) is 5. The molecule has 6 heteroatoms. The van der Waals surface area contributed by atoms with Crippen molar-refractivity contribution in [1.82, 2.24) is 9.97 Å². The smallest absolute Gasteiger partial charge is 0.226 e. The van der Waals surface area contributed by atoms with Crippen LogP contribution in [0, 0.1) is 5.92 Å². The van der Waals surface area contributed by atoms with Crippen molar-refractivity contribution < 1.29 is 5.21 Å². The van der Waals surface area contributed by atoms with Gasteiger partial charge in [-0.2, -0.15) is 0 Å². The first-order valence-corrected chi connectivity index (χ1v) is 6.21. The molecule has 1 saturated heterocycles. The van der Waals surface area contributed by atoms with Gasteiger partial charge >= 0.3 is 0 Å². The van der Waals surface area contributed by atoms with Crippen LogP contribution < -0.4 is 10.6 Å². The summed E-state index contributed by atoms with van der Waals surface area (Å²) < 4.78 is 0. The van der Waals surface area contributed by atoms with Crippen molar-refractivity contribution >= 4 is 11.8 Å². The second-order valence-electron chi connectivity index (χ2n) is 4.78. The highest BCUT2D eigenvalue weighted by atomic mass is 16.4. The second kappa shape index (κ2) is 5.20. The van der Waals surface area contributed by atoms with Crippen molar-refractivity contribution in [2.45, 2.75) is 32.7 Å². The Labute approximate surface area is 107 Å². The number of nitrogens with zero attached hydrogens (tertiary/aromatic N) is 4. The van der Waals surface area contributed by atoms with E-state index < -0.39 is 0 Å². The third-order valence-electron chi connectivity index (χ3n) is 3.64. The van der Waals surface area contributed by atoms with E-state index in [9.17, 15) is 0 Å². The van der Waals surface area contributed by atoms with Crippen LogP contribution in [-0.2, 0) is 0 Å². The number of aromatic nitrogens is 2. The number of rotatable bonds is 2. The van der Waals surface area contributed by atoms with Crippen molar-refractivity contribution in [1.29, 1.82) is 0 Å². The third-order valence-corrected chi connectivity index (χ3v) is 3.64. The number of amidine groups is 1. The fourth-order valence-corrected chi connectivity index (χ4v) is 2.30. The van der Waals surface area contributed by atoms with Crippen molar-refractivity contribution in [3.63, 3.8) is 0 Å². The van der Waals surface area contributed by atoms with E-state index >= 15 is 0 Å². The van der Waals surface area contributed by atoms with E-state index in [0.717, 1.165) is 13.0 Å². The van der Waals surface area contributed by atoms with Gasteiger partial charge in [0.15, 0.2) is 5.84 Å². The maximum absolute atomic E-state index is 8.67. The normalized spacial score (nSPS) is 25.2. The highest BCUT2D eigenvalue weighted by Gasteiger charge is 2.26. The van der Waals surface area contributed by atoms with E-state index in [0.29, 0.717) is 23.6 Å². The van der Waals surface area contributed by atoms with Crippen LogP contribution in [-0.4, -0.2) is 33.6 Å². The van der Waals surface area contributed by atoms with E-state index in [4.69, 9.17) is 10.9 Å². The number of nitrogens with two attached hydrogens (primary N) is 1. The topological polar surface area (TPSA) is 87.6 Å². The lowest BCUT2D eigenvalue weighted by atomic mass is 9.92. The maximum atomic E-state index is 8.67. The Morgan fingerprint density at radius 2 is 2.33 bits per heavy atom. The van der Waals surface area contributed by atoms with Crippen molar-refractivity contribution in [2.75, 3.05) is 11.4 Å². The Morgan fingerprint density at radius 3 is 3.06 bits per heavy atom. The van der Waals surface area contributed by atoms with Gasteiger partial charge in [0.25, 0.3) is 0 Å². The lowest BCUT2D eigenvalue weighted by Gasteiger charge is -2.37. The van der Waals surface area contributed by atoms with Crippen LogP contribution in [0.1, 0.15) is 32.4 Å². The summed E-state index contributed by atoms with van der Waals surface area (Å²) in [5, 5.41) is 11.6. The molecule has 0 aliphatic carbocycles. The number of hydrogen-bond donors (Lipinski definition) is 2. The van der Waals surface area contributed by atoms with Crippen molar-refractivity contribution in [2.24, 2.45) is 16.8 Å². The number of oxime groups is 1. The Balaban J connectivity index is 2.27. The molecule has 0 aromatic carbocycles. The van der Waals surface area contributed by atoms with Gasteiger partial charge in [0.2, 0.25) is 5.95 Å². The standard InChI is InChI=1S/C12H19N5O/c1-8-4-3-7-17(9(8)2)12-14-6-5-10(15-12)11(13)16-18/h5-6,8-9,18H,3-4,7H2,1-2H3,(H2,13,16). The summed E-state index contributed by atoms with van der Waals surface area (Å²) in [6, 6.07) is 2.04. The van der Waals surface area contributed by atoms with Gasteiger partial charge in [-0.05, 0) is 31.7 Å². The van der Waals surface area contributed by atoms with Gasteiger partial charge in [0.05, 0.1) is 0 Å². The molecule has 1 fully saturated rings. The predicted octanol–water partition coefficient (Wildman–Crippen LogP) is 1.20. The molecule has 3 N–H and O–H groups in total. The van der Waals surface area contributed by atoms with Crippen LogP contribution >= 0.6 is 0 Å². The molecule has 2 atom stereocenters. The van der Waals surface area contributed by atoms with Crippen LogP contribution in [0.3, 0.4) is 0 Å². The monoisotopic (exact) mass is 249 g/mol. The Hall–Kier alpha value is -1.85. The van der Waals surface area contributed by atoms with E-state index in [-0.39, 0.29) is 5.84 Å². The Kier molecular flexibility index (Phi) is 3.64. The average molecular weight is 249 g/mol. The first-order valence-electron chi connectivity index (χ1n) is 6.21. The molecule has 18 heavy (non-hydrogen) atoms. The Bertz CT molecular complexity index is 448. The fraction of sp³-hybridized carbons (Fsp3) is 0.583. The summed E-state index contributed by atoms with van der Waals surface area (Å²) in [6.45, 7) is 5.37. The van der Waals surface area contributed by atoms with Gasteiger partial charge in [-0.3, -0.25) is 0 Å². The van der Waals surface area contributed by atoms with Gasteiger partial charge in [-0.25, -0.2) is 9.97 Å². The largest absolute Gasteiger partial charge is 0.409 e. The minimum atomic E-state index is 0.0105. The zero-order chi connectivity index (χ0) is 13.1. The molecule has 1 aliphatic rings. The molecule has 1 aromatic rings. The highest BCUT2D eigenvalue weighted by molar-refractivity contribution is 5.95. The zero-order valence-electron chi connectivity index (χ0n) is 10.7. The molecule has 0 amide bonds. The molecule has 0 bridgehead atoms. The minimum Gasteiger partial charge on any atom is -0.409 e. The van der Waals surface area contributed by atoms with Crippen molar-refractivity contribution in [3.05, 3.63) is 18.0 Å². The second-order valence-corrected chi connectivity index (χ2v) is 4.78. The molecule has 98 valence electrons. The van der Waals surface area contributed by atoms with E-state index in [1.807, 2.05) is 0 Å². The number of anilines is 1. The molecule has 0 saturated carbocycles. The van der Waals surface area contributed by atoms with Crippen molar-refractivity contribution in [3.8, 4) is 0 Å². The first kappa shape index (κ1) is 12.6. The minimum absolute atomic E-state index is 0.0105. The average Bonchev–Trinajstić information content (AvgIpc) is 2.41. The Morgan fingerprint density at radius 1 is 1.56 bits per heavy atom. The van der Waals surface area contributed by atoms with E-state index in [1.54, 1.807) is 12.3 Å². The molecule has 0 radical (unpaired) electrons. The highest BCUT2D eigenvalue weighted by Crippen LogP contribution is 2.25. The van der Waals surface area contributed by atoms with Crippen LogP contribution in [0.25, 0.3) is 0 Å². The molecular weight excluding hydrogens is 230 g/mol. The SMILES string of the molecule is CC1CCCN(c2nccc(/C(N)=N/O)n2)C1C. The van der Waals surface area contributed by atoms with Gasteiger partial charge in [0.1, 0.15) is 5.69 Å². The summed E-state index contributed by atoms with van der Waals surface area (Å²) in [5.74, 6) is 1.28. The predicted molar refractivity (Wildman–Crippen MR) is 69.7 cm³/mol. The number of piperidine rings is 1. The van der Waals surface area contributed by atoms with E-state index in [2.05, 4.69) is 33.9 Å². The van der Waals surface area contributed by atoms with Gasteiger partial charge in [-0.1, -0.05) is 12.1 Å². The third kappa shape index (κ3) is 2.37. The fourth-order valence-electron chi connectivity index (χ4n) is 2.30. The lowest BCUT2D eigenvalue weighted by Crippen LogP contribution is -2.43. The molecule has 2 heterocycles. The summed E-state index contributed by atoms with van der Waals surface area (Å²) in [7, 11) is 0. The summed E-state index contributed by atoms with van der Waals surface area (Å²) in [5.41, 5.74) is 6.00. The summed E-state index contributed by atoms with van der Waals surface area (Å²) >= 11 is 0. The molecule has 1 aromatic heterocycles. The van der Waals surface area contributed by atoms with Crippen LogP contribution in [0.5, 0.6) is 0 Å². The van der Waals surface area contributed by atoms with Crippen LogP contribution in [0.4, 0.5) is 5.95 Å². The van der Waals surface area contributed by atoms with Crippen LogP contribution in [0.2, 0.25) is 0 Å². The summed E-state index contributed by atoms with van der Waals surface area (Å²) in [6.07, 6.45) is 4.02. The van der Waals surface area contributed by atoms with Gasteiger partial charge < -0.3 is 15.8 Å². The zero-order valence-corrected chi connectivity index (χ0v) is 10.7. The lowest BCUT2D eigenvalue weighted by molar-refractivity contribution is 0.318. The van der Waals surface area contributed by atoms with Crippen LogP contribution in [0.15, 0.2) is 17.4 Å². The molecule has 6 nitrogen and oxygen atoms in total. The molecular formula is C12H19N5O. The quantitative estimate of drug-likeness (QED) is 0.356. The molecule has 2 unspecified atom stereocenters. The molecule has 1 aliphatic heterocycles.